The number of pyridine rings is 1. The number of carbonyl (C=O) groups excluding carboxylic acids is 2. The number of rotatable bonds is 5. The molecule has 8 heteroatoms. The van der Waals surface area contributed by atoms with Crippen LogP contribution in [0.2, 0.25) is 0 Å². The molecule has 33 heavy (non-hydrogen) atoms. The van der Waals surface area contributed by atoms with E-state index in [1.54, 1.807) is 12.4 Å². The van der Waals surface area contributed by atoms with E-state index in [1.165, 1.54) is 25.6 Å². The number of ether oxygens (including phenoxy) is 2. The molecule has 7 nitrogen and oxygen atoms in total. The molecule has 1 aliphatic rings. The minimum Gasteiger partial charge on any atom is -0.468 e. The average Bonchev–Trinajstić information content (AvgIpc) is 3.34. The minimum atomic E-state index is -1.30. The summed E-state index contributed by atoms with van der Waals surface area (Å²) >= 11 is 1.36. The molecule has 4 rings (SSSR count). The topological polar surface area (TPSA) is 90.4 Å². The lowest BCUT2D eigenvalue weighted by atomic mass is 9.62. The number of esters is 2. The van der Waals surface area contributed by atoms with Crippen molar-refractivity contribution in [3.8, 4) is 11.3 Å². The summed E-state index contributed by atoms with van der Waals surface area (Å²) in [6, 6.07) is 12.8. The van der Waals surface area contributed by atoms with E-state index in [-0.39, 0.29) is 0 Å². The normalized spacial score (nSPS) is 22.4. The Bertz CT molecular complexity index is 1190. The number of benzene rings is 1. The third-order valence-electron chi connectivity index (χ3n) is 6.14. The summed E-state index contributed by atoms with van der Waals surface area (Å²) in [5.41, 5.74) is 2.08. The number of carbonyl (C=O) groups is 2. The third kappa shape index (κ3) is 3.70. The molecule has 0 amide bonds. The van der Waals surface area contributed by atoms with Gasteiger partial charge in [-0.25, -0.2) is 9.78 Å². The average molecular weight is 464 g/mol. The molecule has 0 saturated carbocycles. The van der Waals surface area contributed by atoms with Gasteiger partial charge in [-0.05, 0) is 31.5 Å². The van der Waals surface area contributed by atoms with Crippen LogP contribution < -0.4 is 5.32 Å². The van der Waals surface area contributed by atoms with Crippen molar-refractivity contribution in [2.24, 2.45) is 0 Å². The van der Waals surface area contributed by atoms with E-state index in [0.29, 0.717) is 22.0 Å². The van der Waals surface area contributed by atoms with Crippen LogP contribution in [-0.2, 0) is 24.5 Å². The Labute approximate surface area is 196 Å². The molecule has 1 N–H and O–H groups in total. The van der Waals surface area contributed by atoms with Crippen LogP contribution in [0.15, 0.2) is 71.5 Å². The van der Waals surface area contributed by atoms with Gasteiger partial charge in [-0.15, -0.1) is 11.3 Å². The number of hydrogen-bond acceptors (Lipinski definition) is 8. The quantitative estimate of drug-likeness (QED) is 0.575. The van der Waals surface area contributed by atoms with Crippen LogP contribution in [0.3, 0.4) is 0 Å². The maximum atomic E-state index is 13.7. The summed E-state index contributed by atoms with van der Waals surface area (Å²) in [5, 5.41) is 5.78. The summed E-state index contributed by atoms with van der Waals surface area (Å²) in [5.74, 6) is -1.64. The minimum absolute atomic E-state index is 0.380. The summed E-state index contributed by atoms with van der Waals surface area (Å²) in [6.45, 7) is 3.73. The zero-order valence-corrected chi connectivity index (χ0v) is 19.7. The van der Waals surface area contributed by atoms with Gasteiger partial charge in [0.05, 0.1) is 25.5 Å². The number of hydrogen-bond donors (Lipinski definition) is 1. The number of methoxy groups -OCH3 is 2. The second-order valence-corrected chi connectivity index (χ2v) is 8.74. The predicted octanol–water partition coefficient (Wildman–Crippen LogP) is 3.84. The molecule has 0 spiro atoms. The second kappa shape index (κ2) is 9.15. The summed E-state index contributed by atoms with van der Waals surface area (Å²) in [4.78, 5) is 35.8. The van der Waals surface area contributed by atoms with Gasteiger partial charge in [0, 0.05) is 41.0 Å². The number of nitrogens with zero attached hydrogens (tertiary/aromatic N) is 2. The lowest BCUT2D eigenvalue weighted by Crippen LogP contribution is -2.60. The van der Waals surface area contributed by atoms with E-state index in [9.17, 15) is 9.59 Å². The van der Waals surface area contributed by atoms with Crippen molar-refractivity contribution in [3.63, 3.8) is 0 Å². The highest BCUT2D eigenvalue weighted by Gasteiger charge is 2.60. The molecule has 3 unspecified atom stereocenters. The zero-order valence-electron chi connectivity index (χ0n) is 18.9. The van der Waals surface area contributed by atoms with Crippen LogP contribution in [0.1, 0.15) is 30.3 Å². The van der Waals surface area contributed by atoms with Crippen LogP contribution >= 0.6 is 11.3 Å². The molecule has 0 aliphatic carbocycles. The molecule has 1 aromatic carbocycles. The molecule has 2 aromatic heterocycles. The van der Waals surface area contributed by atoms with E-state index in [4.69, 9.17) is 14.5 Å². The van der Waals surface area contributed by atoms with Gasteiger partial charge in [-0.2, -0.15) is 0 Å². The standard InChI is InChI=1S/C25H25N3O4S/c1-15-20(22(29)31-3)21(17-9-6-5-7-10-17)25(16(2)27-15,24(30)32-4)23-28-19(14-33-23)18-11-8-12-26-13-18/h5-14,16,21,27H,1-4H3. The Morgan fingerprint density at radius 3 is 2.48 bits per heavy atom. The van der Waals surface area contributed by atoms with Gasteiger partial charge >= 0.3 is 11.9 Å². The van der Waals surface area contributed by atoms with Crippen molar-refractivity contribution in [2.75, 3.05) is 14.2 Å². The highest BCUT2D eigenvalue weighted by molar-refractivity contribution is 7.10. The molecule has 3 heterocycles. The van der Waals surface area contributed by atoms with E-state index >= 15 is 0 Å². The van der Waals surface area contributed by atoms with Crippen LogP contribution in [-0.4, -0.2) is 42.2 Å². The third-order valence-corrected chi connectivity index (χ3v) is 7.13. The molecule has 170 valence electrons. The van der Waals surface area contributed by atoms with Gasteiger partial charge < -0.3 is 14.8 Å². The van der Waals surface area contributed by atoms with Crippen molar-refractivity contribution < 1.29 is 19.1 Å². The smallest absolute Gasteiger partial charge is 0.336 e. The first-order valence-corrected chi connectivity index (χ1v) is 11.4. The molecule has 3 aromatic rings. The van der Waals surface area contributed by atoms with Gasteiger partial charge in [-0.1, -0.05) is 30.3 Å². The van der Waals surface area contributed by atoms with Crippen LogP contribution in [0, 0.1) is 0 Å². The van der Waals surface area contributed by atoms with E-state index < -0.39 is 29.3 Å². The molecular weight excluding hydrogens is 438 g/mol. The fourth-order valence-corrected chi connectivity index (χ4v) is 5.77. The highest BCUT2D eigenvalue weighted by atomic mass is 32.1. The van der Waals surface area contributed by atoms with Crippen molar-refractivity contribution >= 4 is 23.3 Å². The van der Waals surface area contributed by atoms with Crippen LogP contribution in [0.5, 0.6) is 0 Å². The maximum absolute atomic E-state index is 13.7. The summed E-state index contributed by atoms with van der Waals surface area (Å²) in [6.07, 6.45) is 3.42. The first kappa shape index (κ1) is 22.7. The van der Waals surface area contributed by atoms with Crippen molar-refractivity contribution in [1.82, 2.24) is 15.3 Å². The van der Waals surface area contributed by atoms with Crippen LogP contribution in [0.25, 0.3) is 11.3 Å². The van der Waals surface area contributed by atoms with Gasteiger partial charge in [0.25, 0.3) is 0 Å². The second-order valence-electron chi connectivity index (χ2n) is 7.88. The van der Waals surface area contributed by atoms with Gasteiger partial charge in [0.1, 0.15) is 5.01 Å². The molecule has 0 fully saturated rings. The Morgan fingerprint density at radius 2 is 1.85 bits per heavy atom. The Morgan fingerprint density at radius 1 is 1.09 bits per heavy atom. The Kier molecular flexibility index (Phi) is 6.29. The monoisotopic (exact) mass is 463 g/mol. The Hall–Kier alpha value is -3.52. The number of nitrogens with one attached hydrogen (secondary N) is 1. The first-order valence-electron chi connectivity index (χ1n) is 10.5. The fourth-order valence-electron chi connectivity index (χ4n) is 4.64. The lowest BCUT2D eigenvalue weighted by molar-refractivity contribution is -0.150. The molecular formula is C25H25N3O4S. The van der Waals surface area contributed by atoms with E-state index in [1.807, 2.05) is 61.7 Å². The van der Waals surface area contributed by atoms with Gasteiger partial charge in [0.2, 0.25) is 0 Å². The molecule has 0 saturated heterocycles. The maximum Gasteiger partial charge on any atom is 0.336 e. The fraction of sp³-hybridized carbons (Fsp3) is 0.280. The lowest BCUT2D eigenvalue weighted by Gasteiger charge is -2.46. The Balaban J connectivity index is 2.02. The first-order chi connectivity index (χ1) is 15.9. The molecule has 0 radical (unpaired) electrons. The number of allylic oxidation sites excluding steroid dienone is 1. The van der Waals surface area contributed by atoms with Crippen molar-refractivity contribution in [1.29, 1.82) is 0 Å². The number of thiazole rings is 1. The van der Waals surface area contributed by atoms with Gasteiger partial charge in [0.15, 0.2) is 5.41 Å². The SMILES string of the molecule is COC(=O)C1=C(C)NC(C)C(C(=O)OC)(c2nc(-c3cccnc3)cs2)C1c1ccccc1. The summed E-state index contributed by atoms with van der Waals surface area (Å²) in [7, 11) is 2.70. The molecule has 1 aliphatic heterocycles. The predicted molar refractivity (Wildman–Crippen MR) is 126 cm³/mol. The van der Waals surface area contributed by atoms with Crippen LogP contribution in [0.4, 0.5) is 0 Å². The zero-order chi connectivity index (χ0) is 23.6. The molecule has 3 atom stereocenters. The van der Waals surface area contributed by atoms with Crippen molar-refractivity contribution in [2.45, 2.75) is 31.2 Å². The van der Waals surface area contributed by atoms with Crippen molar-refractivity contribution in [3.05, 3.63) is 82.1 Å². The van der Waals surface area contributed by atoms with Gasteiger partial charge in [-0.3, -0.25) is 9.78 Å². The van der Waals surface area contributed by atoms with E-state index in [2.05, 4.69) is 10.3 Å². The summed E-state index contributed by atoms with van der Waals surface area (Å²) < 4.78 is 10.5. The largest absolute Gasteiger partial charge is 0.468 e. The van der Waals surface area contributed by atoms with E-state index in [0.717, 1.165) is 11.1 Å². The highest BCUT2D eigenvalue weighted by Crippen LogP contribution is 2.51. The number of aromatic nitrogens is 2. The molecule has 0 bridgehead atoms.